The molecule has 1 fully saturated rings. The Morgan fingerprint density at radius 2 is 1.83 bits per heavy atom. The molecule has 1 unspecified atom stereocenters. The third kappa shape index (κ3) is 6.59. The van der Waals surface area contributed by atoms with Gasteiger partial charge in [0.05, 0.1) is 6.54 Å². The van der Waals surface area contributed by atoms with Crippen LogP contribution in [0.1, 0.15) is 30.9 Å². The molecular weight excluding hydrogens is 411 g/mol. The van der Waals surface area contributed by atoms with Gasteiger partial charge < -0.3 is 15.1 Å². The number of likely N-dealkylation sites (N-methyl/N-ethyl adjacent to an activating group) is 1. The van der Waals surface area contributed by atoms with Gasteiger partial charge in [0.25, 0.3) is 0 Å². The molecule has 0 radical (unpaired) electrons. The van der Waals surface area contributed by atoms with Crippen LogP contribution in [0.15, 0.2) is 29.3 Å². The van der Waals surface area contributed by atoms with Gasteiger partial charge in [0.15, 0.2) is 5.96 Å². The molecule has 24 heavy (non-hydrogen) atoms. The predicted molar refractivity (Wildman–Crippen MR) is 114 cm³/mol. The molecular formula is C19H33IN4. The number of rotatable bonds is 7. The zero-order valence-electron chi connectivity index (χ0n) is 15.7. The van der Waals surface area contributed by atoms with Crippen LogP contribution in [0.2, 0.25) is 0 Å². The molecule has 1 aliphatic rings. The van der Waals surface area contributed by atoms with Crippen LogP contribution in [0.5, 0.6) is 0 Å². The highest BCUT2D eigenvalue weighted by molar-refractivity contribution is 14.0. The Labute approximate surface area is 164 Å². The van der Waals surface area contributed by atoms with Crippen LogP contribution in [-0.4, -0.2) is 56.0 Å². The zero-order valence-corrected chi connectivity index (χ0v) is 18.1. The molecule has 136 valence electrons. The van der Waals surface area contributed by atoms with Gasteiger partial charge in [-0.1, -0.05) is 29.8 Å². The summed E-state index contributed by atoms with van der Waals surface area (Å²) in [5.41, 5.74) is 2.62. The second kappa shape index (κ2) is 10.2. The van der Waals surface area contributed by atoms with E-state index in [2.05, 4.69) is 74.4 Å². The zero-order chi connectivity index (χ0) is 16.8. The van der Waals surface area contributed by atoms with E-state index in [-0.39, 0.29) is 24.0 Å². The fourth-order valence-electron chi connectivity index (χ4n) is 2.91. The van der Waals surface area contributed by atoms with Crippen molar-refractivity contribution in [2.45, 2.75) is 39.3 Å². The molecule has 5 heteroatoms. The van der Waals surface area contributed by atoms with E-state index in [1.54, 1.807) is 0 Å². The molecule has 4 nitrogen and oxygen atoms in total. The fourth-order valence-corrected chi connectivity index (χ4v) is 2.91. The molecule has 2 rings (SSSR count). The molecule has 0 amide bonds. The Bertz CT molecular complexity index is 507. The van der Waals surface area contributed by atoms with Crippen molar-refractivity contribution in [3.05, 3.63) is 35.4 Å². The number of benzene rings is 1. The summed E-state index contributed by atoms with van der Waals surface area (Å²) in [6.07, 6.45) is 2.71. The minimum absolute atomic E-state index is 0. The average Bonchev–Trinajstić information content (AvgIpc) is 3.33. The maximum Gasteiger partial charge on any atom is 0.194 e. The quantitative estimate of drug-likeness (QED) is 0.398. The van der Waals surface area contributed by atoms with Gasteiger partial charge in [-0.05, 0) is 52.3 Å². The van der Waals surface area contributed by atoms with Crippen LogP contribution < -0.4 is 5.32 Å². The van der Waals surface area contributed by atoms with Crippen molar-refractivity contribution in [3.63, 3.8) is 0 Å². The Kier molecular flexibility index (Phi) is 9.05. The normalized spacial score (nSPS) is 15.8. The second-order valence-electron chi connectivity index (χ2n) is 6.90. The van der Waals surface area contributed by atoms with E-state index in [0.29, 0.717) is 6.04 Å². The lowest BCUT2D eigenvalue weighted by Crippen LogP contribution is -2.40. The molecule has 1 N–H and O–H groups in total. The molecule has 0 heterocycles. The van der Waals surface area contributed by atoms with Crippen molar-refractivity contribution in [3.8, 4) is 0 Å². The Hall–Kier alpha value is -0.820. The lowest BCUT2D eigenvalue weighted by Gasteiger charge is -2.25. The molecule has 1 aromatic carbocycles. The van der Waals surface area contributed by atoms with E-state index in [1.165, 1.54) is 24.0 Å². The minimum Gasteiger partial charge on any atom is -0.357 e. The maximum atomic E-state index is 4.90. The van der Waals surface area contributed by atoms with Crippen molar-refractivity contribution in [1.82, 2.24) is 15.1 Å². The lowest BCUT2D eigenvalue weighted by molar-refractivity contribution is 0.270. The number of aliphatic imine (C=N–C) groups is 1. The number of hydrogen-bond acceptors (Lipinski definition) is 2. The first kappa shape index (κ1) is 21.2. The van der Waals surface area contributed by atoms with Crippen molar-refractivity contribution < 1.29 is 0 Å². The first-order chi connectivity index (χ1) is 11.0. The summed E-state index contributed by atoms with van der Waals surface area (Å²) >= 11 is 0. The topological polar surface area (TPSA) is 30.9 Å². The van der Waals surface area contributed by atoms with Crippen LogP contribution in [0.3, 0.4) is 0 Å². The predicted octanol–water partition coefficient (Wildman–Crippen LogP) is 3.35. The highest BCUT2D eigenvalue weighted by atomic mass is 127. The molecule has 0 spiro atoms. The first-order valence-corrected chi connectivity index (χ1v) is 8.72. The summed E-state index contributed by atoms with van der Waals surface area (Å²) in [6, 6.07) is 9.30. The van der Waals surface area contributed by atoms with E-state index in [1.807, 2.05) is 0 Å². The second-order valence-corrected chi connectivity index (χ2v) is 6.90. The first-order valence-electron chi connectivity index (χ1n) is 8.72. The van der Waals surface area contributed by atoms with Crippen LogP contribution in [0.4, 0.5) is 0 Å². The summed E-state index contributed by atoms with van der Waals surface area (Å²) in [6.45, 7) is 6.89. The van der Waals surface area contributed by atoms with Crippen LogP contribution in [0, 0.1) is 12.8 Å². The highest BCUT2D eigenvalue weighted by Crippen LogP contribution is 2.34. The van der Waals surface area contributed by atoms with E-state index < -0.39 is 0 Å². The van der Waals surface area contributed by atoms with Crippen LogP contribution in [-0.2, 0) is 6.54 Å². The Morgan fingerprint density at radius 3 is 2.33 bits per heavy atom. The summed E-state index contributed by atoms with van der Waals surface area (Å²) in [5.74, 6) is 1.83. The van der Waals surface area contributed by atoms with Crippen LogP contribution >= 0.6 is 24.0 Å². The third-order valence-electron chi connectivity index (χ3n) is 4.49. The molecule has 1 saturated carbocycles. The van der Waals surface area contributed by atoms with E-state index in [9.17, 15) is 0 Å². The van der Waals surface area contributed by atoms with E-state index in [4.69, 9.17) is 4.99 Å². The Morgan fingerprint density at radius 1 is 1.21 bits per heavy atom. The molecule has 0 aliphatic heterocycles. The SMILES string of the molecule is CCNC(=NCC(C1CC1)N(C)C)N(C)Cc1ccc(C)cc1.I. The molecule has 0 saturated heterocycles. The van der Waals surface area contributed by atoms with Gasteiger partial charge in [0.1, 0.15) is 0 Å². The van der Waals surface area contributed by atoms with Gasteiger partial charge in [-0.25, -0.2) is 0 Å². The monoisotopic (exact) mass is 444 g/mol. The molecule has 0 aromatic heterocycles. The molecule has 1 aromatic rings. The van der Waals surface area contributed by atoms with Gasteiger partial charge in [0, 0.05) is 26.2 Å². The minimum atomic E-state index is 0. The summed E-state index contributed by atoms with van der Waals surface area (Å²) < 4.78 is 0. The fraction of sp³-hybridized carbons (Fsp3) is 0.632. The van der Waals surface area contributed by atoms with Gasteiger partial charge in [-0.15, -0.1) is 24.0 Å². The van der Waals surface area contributed by atoms with Gasteiger partial charge in [0.2, 0.25) is 0 Å². The lowest BCUT2D eigenvalue weighted by atomic mass is 10.1. The van der Waals surface area contributed by atoms with Crippen LogP contribution in [0.25, 0.3) is 0 Å². The van der Waals surface area contributed by atoms with Crippen molar-refractivity contribution in [1.29, 1.82) is 0 Å². The Balaban J connectivity index is 0.00000288. The van der Waals surface area contributed by atoms with Crippen molar-refractivity contribution >= 4 is 29.9 Å². The maximum absolute atomic E-state index is 4.90. The largest absolute Gasteiger partial charge is 0.357 e. The number of hydrogen-bond donors (Lipinski definition) is 1. The highest BCUT2D eigenvalue weighted by Gasteiger charge is 2.32. The van der Waals surface area contributed by atoms with Crippen molar-refractivity contribution in [2.75, 3.05) is 34.2 Å². The number of guanidine groups is 1. The average molecular weight is 444 g/mol. The van der Waals surface area contributed by atoms with Gasteiger partial charge in [-0.3, -0.25) is 4.99 Å². The summed E-state index contributed by atoms with van der Waals surface area (Å²) in [7, 11) is 6.45. The number of nitrogens with one attached hydrogen (secondary N) is 1. The van der Waals surface area contributed by atoms with Gasteiger partial charge >= 0.3 is 0 Å². The van der Waals surface area contributed by atoms with Gasteiger partial charge in [-0.2, -0.15) is 0 Å². The molecule has 1 atom stereocenters. The number of nitrogens with zero attached hydrogens (tertiary/aromatic N) is 3. The number of halogens is 1. The molecule has 0 bridgehead atoms. The third-order valence-corrected chi connectivity index (χ3v) is 4.49. The van der Waals surface area contributed by atoms with E-state index >= 15 is 0 Å². The summed E-state index contributed by atoms with van der Waals surface area (Å²) in [5, 5.41) is 3.43. The van der Waals surface area contributed by atoms with Crippen molar-refractivity contribution in [2.24, 2.45) is 10.9 Å². The molecule has 1 aliphatic carbocycles. The van der Waals surface area contributed by atoms with E-state index in [0.717, 1.165) is 31.5 Å². The number of aryl methyl sites for hydroxylation is 1. The smallest absolute Gasteiger partial charge is 0.194 e. The summed E-state index contributed by atoms with van der Waals surface area (Å²) in [4.78, 5) is 9.44. The standard InChI is InChI=1S/C19H32N4.HI/c1-6-20-19(21-13-18(22(3)4)17-11-12-17)23(5)14-16-9-7-15(2)8-10-16;/h7-10,17-18H,6,11-14H2,1-5H3,(H,20,21);1H.